The number of carboxylic acids is 1. The zero-order valence-electron chi connectivity index (χ0n) is 13.0. The Morgan fingerprint density at radius 1 is 1.05 bits per heavy atom. The van der Waals surface area contributed by atoms with E-state index in [1.54, 1.807) is 12.1 Å². The van der Waals surface area contributed by atoms with Crippen molar-refractivity contribution in [2.24, 2.45) is 0 Å². The number of aliphatic hydroxyl groups is 1. The quantitative estimate of drug-likeness (QED) is 0.739. The van der Waals surface area contributed by atoms with Gasteiger partial charge < -0.3 is 15.9 Å². The van der Waals surface area contributed by atoms with Gasteiger partial charge in [0.1, 0.15) is 0 Å². The lowest BCUT2D eigenvalue weighted by molar-refractivity contribution is 0.0697. The number of aromatic carboxylic acids is 1. The van der Waals surface area contributed by atoms with Gasteiger partial charge >= 0.3 is 5.97 Å². The van der Waals surface area contributed by atoms with Gasteiger partial charge in [-0.2, -0.15) is 0 Å². The molecule has 0 amide bonds. The van der Waals surface area contributed by atoms with Gasteiger partial charge in [-0.05, 0) is 61.7 Å². The van der Waals surface area contributed by atoms with Crippen LogP contribution in [0.1, 0.15) is 32.6 Å². The molecule has 22 heavy (non-hydrogen) atoms. The molecule has 2 aromatic rings. The Labute approximate surface area is 137 Å². The number of hydrogen-bond donors (Lipinski definition) is 3. The summed E-state index contributed by atoms with van der Waals surface area (Å²) in [6, 6.07) is 10.2. The number of nitrogens with two attached hydrogens (primary N) is 1. The minimum atomic E-state index is -0.931. The van der Waals surface area contributed by atoms with E-state index in [-0.39, 0.29) is 24.6 Å². The minimum absolute atomic E-state index is 0. The zero-order valence-corrected chi connectivity index (χ0v) is 13.8. The number of hydrogen-bond acceptors (Lipinski definition) is 3. The zero-order chi connectivity index (χ0) is 16.0. The minimum Gasteiger partial charge on any atom is -0.478 e. The lowest BCUT2D eigenvalue weighted by Crippen LogP contribution is -1.95. The predicted octanol–water partition coefficient (Wildman–Crippen LogP) is 3.49. The van der Waals surface area contributed by atoms with Crippen molar-refractivity contribution < 1.29 is 15.0 Å². The number of rotatable bonds is 2. The summed E-state index contributed by atoms with van der Waals surface area (Å²) in [6.07, 6.45) is 0. The number of aliphatic hydroxyl groups excluding tert-OH is 1. The standard InChI is InChI=1S/C10H14O.C7H7NO2.ClH/c1-7-4-8(2)10(6-11)9(3)5-7;8-6-3-1-5(2-4-6)7(9)10;/h4-5,11H,6H2,1-3H3;1-4H,8H2,(H,9,10);1H. The lowest BCUT2D eigenvalue weighted by Gasteiger charge is -2.07. The first-order valence-electron chi connectivity index (χ1n) is 6.61. The van der Waals surface area contributed by atoms with E-state index in [0.29, 0.717) is 5.69 Å². The maximum absolute atomic E-state index is 10.3. The van der Waals surface area contributed by atoms with Gasteiger partial charge in [-0.1, -0.05) is 17.7 Å². The fraction of sp³-hybridized carbons (Fsp3) is 0.235. The monoisotopic (exact) mass is 323 g/mol. The predicted molar refractivity (Wildman–Crippen MR) is 91.6 cm³/mol. The van der Waals surface area contributed by atoms with E-state index in [4.69, 9.17) is 15.9 Å². The second-order valence-electron chi connectivity index (χ2n) is 4.96. The molecular formula is C17H22ClNO3. The Morgan fingerprint density at radius 3 is 1.86 bits per heavy atom. The Balaban J connectivity index is 0.000000385. The van der Waals surface area contributed by atoms with Crippen LogP contribution in [-0.4, -0.2) is 16.2 Å². The van der Waals surface area contributed by atoms with E-state index in [2.05, 4.69) is 19.1 Å². The highest BCUT2D eigenvalue weighted by atomic mass is 35.5. The smallest absolute Gasteiger partial charge is 0.335 e. The summed E-state index contributed by atoms with van der Waals surface area (Å²) >= 11 is 0. The van der Waals surface area contributed by atoms with Crippen molar-refractivity contribution in [3.8, 4) is 0 Å². The van der Waals surface area contributed by atoms with Crippen LogP contribution < -0.4 is 5.73 Å². The molecule has 0 bridgehead atoms. The lowest BCUT2D eigenvalue weighted by atomic mass is 10.0. The summed E-state index contributed by atoms with van der Waals surface area (Å²) < 4.78 is 0. The number of halogens is 1. The summed E-state index contributed by atoms with van der Waals surface area (Å²) in [5.41, 5.74) is 10.9. The summed E-state index contributed by atoms with van der Waals surface area (Å²) in [7, 11) is 0. The first-order valence-corrected chi connectivity index (χ1v) is 6.61. The topological polar surface area (TPSA) is 83.5 Å². The van der Waals surface area contributed by atoms with E-state index >= 15 is 0 Å². The molecule has 0 aliphatic carbocycles. The molecule has 0 saturated carbocycles. The Kier molecular flexibility index (Phi) is 8.23. The highest BCUT2D eigenvalue weighted by Crippen LogP contribution is 2.15. The fourth-order valence-corrected chi connectivity index (χ4v) is 2.09. The number of carbonyl (C=O) groups is 1. The summed E-state index contributed by atoms with van der Waals surface area (Å²) in [5, 5.41) is 17.4. The normalized spacial score (nSPS) is 9.27. The molecule has 0 aliphatic heterocycles. The SMILES string of the molecule is Cc1cc(C)c(CO)c(C)c1.Cl.Nc1ccc(C(=O)O)cc1. The molecule has 0 radical (unpaired) electrons. The molecule has 2 rings (SSSR count). The molecule has 2 aromatic carbocycles. The highest BCUT2D eigenvalue weighted by molar-refractivity contribution is 5.87. The third kappa shape index (κ3) is 5.76. The Bertz CT molecular complexity index is 601. The molecule has 120 valence electrons. The second kappa shape index (κ2) is 9.07. The van der Waals surface area contributed by atoms with Crippen LogP contribution >= 0.6 is 12.4 Å². The maximum Gasteiger partial charge on any atom is 0.335 e. The number of aryl methyl sites for hydroxylation is 3. The van der Waals surface area contributed by atoms with Gasteiger partial charge in [-0.25, -0.2) is 4.79 Å². The molecule has 0 atom stereocenters. The van der Waals surface area contributed by atoms with Crippen LogP contribution in [0.3, 0.4) is 0 Å². The second-order valence-corrected chi connectivity index (χ2v) is 4.96. The van der Waals surface area contributed by atoms with Crippen LogP contribution in [0.15, 0.2) is 36.4 Å². The van der Waals surface area contributed by atoms with Crippen LogP contribution in [0, 0.1) is 20.8 Å². The Hall–Kier alpha value is -2.04. The first-order chi connectivity index (χ1) is 9.85. The largest absolute Gasteiger partial charge is 0.478 e. The molecule has 4 nitrogen and oxygen atoms in total. The highest BCUT2D eigenvalue weighted by Gasteiger charge is 2.00. The third-order valence-corrected chi connectivity index (χ3v) is 3.16. The average Bonchev–Trinajstić information content (AvgIpc) is 2.39. The summed E-state index contributed by atoms with van der Waals surface area (Å²) in [4.78, 5) is 10.3. The maximum atomic E-state index is 10.3. The van der Waals surface area contributed by atoms with Gasteiger partial charge in [0, 0.05) is 5.69 Å². The van der Waals surface area contributed by atoms with Crippen molar-refractivity contribution >= 4 is 24.1 Å². The number of benzene rings is 2. The summed E-state index contributed by atoms with van der Waals surface area (Å²) in [5.74, 6) is -0.931. The van der Waals surface area contributed by atoms with E-state index in [1.807, 2.05) is 13.8 Å². The van der Waals surface area contributed by atoms with Crippen LogP contribution in [-0.2, 0) is 6.61 Å². The van der Waals surface area contributed by atoms with Crippen LogP contribution in [0.2, 0.25) is 0 Å². The Morgan fingerprint density at radius 2 is 1.50 bits per heavy atom. The summed E-state index contributed by atoms with van der Waals surface area (Å²) in [6.45, 7) is 6.29. The average molecular weight is 324 g/mol. The molecule has 0 aliphatic rings. The van der Waals surface area contributed by atoms with E-state index in [0.717, 1.165) is 5.56 Å². The van der Waals surface area contributed by atoms with Gasteiger partial charge in [0.05, 0.1) is 12.2 Å². The first kappa shape index (κ1) is 20.0. The number of nitrogen functional groups attached to an aromatic ring is 1. The molecule has 4 N–H and O–H groups in total. The van der Waals surface area contributed by atoms with Crippen LogP contribution in [0.25, 0.3) is 0 Å². The van der Waals surface area contributed by atoms with Gasteiger partial charge in [0.2, 0.25) is 0 Å². The van der Waals surface area contributed by atoms with Crippen molar-refractivity contribution in [2.75, 3.05) is 5.73 Å². The molecule has 0 aromatic heterocycles. The van der Waals surface area contributed by atoms with Gasteiger partial charge in [-0.15, -0.1) is 12.4 Å². The van der Waals surface area contributed by atoms with E-state index in [9.17, 15) is 4.79 Å². The van der Waals surface area contributed by atoms with E-state index in [1.165, 1.54) is 28.8 Å². The third-order valence-electron chi connectivity index (χ3n) is 3.16. The molecular weight excluding hydrogens is 302 g/mol. The van der Waals surface area contributed by atoms with Crippen molar-refractivity contribution in [1.29, 1.82) is 0 Å². The van der Waals surface area contributed by atoms with Crippen molar-refractivity contribution in [1.82, 2.24) is 0 Å². The van der Waals surface area contributed by atoms with Gasteiger partial charge in [0.25, 0.3) is 0 Å². The van der Waals surface area contributed by atoms with Gasteiger partial charge in [0.15, 0.2) is 0 Å². The van der Waals surface area contributed by atoms with Crippen LogP contribution in [0.4, 0.5) is 5.69 Å². The molecule has 5 heteroatoms. The molecule has 0 saturated heterocycles. The number of anilines is 1. The van der Waals surface area contributed by atoms with Crippen LogP contribution in [0.5, 0.6) is 0 Å². The molecule has 0 heterocycles. The fourth-order valence-electron chi connectivity index (χ4n) is 2.09. The molecule has 0 unspecified atom stereocenters. The van der Waals surface area contributed by atoms with E-state index < -0.39 is 5.97 Å². The van der Waals surface area contributed by atoms with Crippen molar-refractivity contribution in [3.05, 3.63) is 64.2 Å². The molecule has 0 fully saturated rings. The van der Waals surface area contributed by atoms with Crippen molar-refractivity contribution in [3.63, 3.8) is 0 Å². The molecule has 0 spiro atoms. The number of carboxylic acid groups (broad SMARTS) is 1. The van der Waals surface area contributed by atoms with Gasteiger partial charge in [-0.3, -0.25) is 0 Å². The van der Waals surface area contributed by atoms with Crippen molar-refractivity contribution in [2.45, 2.75) is 27.4 Å².